The molecule has 1 aliphatic heterocycles. The van der Waals surface area contributed by atoms with Crippen LogP contribution in [0.2, 0.25) is 0 Å². The van der Waals surface area contributed by atoms with Gasteiger partial charge in [-0.25, -0.2) is 18.0 Å². The molecule has 2 aromatic rings. The van der Waals surface area contributed by atoms with E-state index in [1.165, 1.54) is 30.5 Å². The number of benzene rings is 1. The van der Waals surface area contributed by atoms with Crippen LogP contribution < -0.4 is 5.32 Å². The predicted octanol–water partition coefficient (Wildman–Crippen LogP) is 2.83. The molecule has 1 unspecified atom stereocenters. The Hall–Kier alpha value is -2.93. The number of hydrogen-bond donors (Lipinski definition) is 2. The highest BCUT2D eigenvalue weighted by molar-refractivity contribution is 7.85. The molecule has 1 atom stereocenters. The van der Waals surface area contributed by atoms with Gasteiger partial charge in [-0.1, -0.05) is 12.1 Å². The fourth-order valence-corrected chi connectivity index (χ4v) is 2.83. The topological polar surface area (TPSA) is 122 Å². The van der Waals surface area contributed by atoms with Crippen LogP contribution in [0.4, 0.5) is 23.8 Å². The van der Waals surface area contributed by atoms with E-state index in [0.29, 0.717) is 17.6 Å². The lowest BCUT2D eigenvalue weighted by molar-refractivity contribution is -0.101. The zero-order valence-electron chi connectivity index (χ0n) is 17.1. The smallest absolute Gasteiger partial charge is 0.410 e. The van der Waals surface area contributed by atoms with Crippen molar-refractivity contribution >= 4 is 22.0 Å². The lowest BCUT2D eigenvalue weighted by Gasteiger charge is -2.37. The van der Waals surface area contributed by atoms with Gasteiger partial charge in [0.2, 0.25) is 0 Å². The SMILES string of the molecule is CS(=O)(=O)O.O=C(OCc1ccc(F)cc1)N1CCC(CNc2cccnn2)C(F)(F)C1. The second kappa shape index (κ2) is 11.1. The van der Waals surface area contributed by atoms with E-state index in [-0.39, 0.29) is 26.1 Å². The average molecular weight is 476 g/mol. The average Bonchev–Trinajstić information content (AvgIpc) is 2.71. The molecule has 0 aliphatic carbocycles. The number of carbonyl (C=O) groups is 1. The summed E-state index contributed by atoms with van der Waals surface area (Å²) in [7, 11) is -3.67. The maximum absolute atomic E-state index is 14.4. The van der Waals surface area contributed by atoms with Crippen molar-refractivity contribution in [2.24, 2.45) is 5.92 Å². The molecule has 3 rings (SSSR count). The molecule has 2 heterocycles. The molecule has 9 nitrogen and oxygen atoms in total. The van der Waals surface area contributed by atoms with Crippen LogP contribution in [0.1, 0.15) is 12.0 Å². The second-order valence-corrected chi connectivity index (χ2v) is 8.54. The van der Waals surface area contributed by atoms with E-state index in [4.69, 9.17) is 9.29 Å². The Morgan fingerprint density at radius 2 is 1.97 bits per heavy atom. The fraction of sp³-hybridized carbons (Fsp3) is 0.421. The van der Waals surface area contributed by atoms with Crippen molar-refractivity contribution in [1.82, 2.24) is 15.1 Å². The van der Waals surface area contributed by atoms with E-state index >= 15 is 0 Å². The summed E-state index contributed by atoms with van der Waals surface area (Å²) in [4.78, 5) is 13.1. The van der Waals surface area contributed by atoms with Crippen molar-refractivity contribution in [1.29, 1.82) is 0 Å². The number of aromatic nitrogens is 2. The number of rotatable bonds is 5. The Balaban J connectivity index is 0.000000654. The Kier molecular flexibility index (Phi) is 8.78. The molecule has 2 N–H and O–H groups in total. The summed E-state index contributed by atoms with van der Waals surface area (Å²) < 4.78 is 72.6. The van der Waals surface area contributed by atoms with Crippen LogP contribution in [0.5, 0.6) is 0 Å². The molecule has 1 amide bonds. The van der Waals surface area contributed by atoms with Gasteiger partial charge in [0.25, 0.3) is 16.0 Å². The number of amides is 1. The highest BCUT2D eigenvalue weighted by Gasteiger charge is 2.46. The van der Waals surface area contributed by atoms with Gasteiger partial charge in [0.05, 0.1) is 12.8 Å². The van der Waals surface area contributed by atoms with Crippen LogP contribution in [0, 0.1) is 11.7 Å². The van der Waals surface area contributed by atoms with Crippen molar-refractivity contribution in [3.05, 3.63) is 54.0 Å². The number of nitrogens with zero attached hydrogens (tertiary/aromatic N) is 3. The molecular weight excluding hydrogens is 453 g/mol. The van der Waals surface area contributed by atoms with Gasteiger partial charge >= 0.3 is 6.09 Å². The van der Waals surface area contributed by atoms with Gasteiger partial charge in [0.15, 0.2) is 0 Å². The van der Waals surface area contributed by atoms with Gasteiger partial charge in [0.1, 0.15) is 18.2 Å². The number of alkyl halides is 2. The molecule has 32 heavy (non-hydrogen) atoms. The summed E-state index contributed by atoms with van der Waals surface area (Å²) in [6, 6.07) is 8.74. The first-order valence-corrected chi connectivity index (χ1v) is 11.3. The number of carbonyl (C=O) groups excluding carboxylic acids is 1. The van der Waals surface area contributed by atoms with Gasteiger partial charge in [-0.05, 0) is 36.2 Å². The van der Waals surface area contributed by atoms with Crippen LogP contribution in [-0.2, 0) is 21.5 Å². The van der Waals surface area contributed by atoms with Crippen LogP contribution >= 0.6 is 0 Å². The quantitative estimate of drug-likeness (QED) is 0.632. The minimum atomic E-state index is -3.67. The first-order valence-electron chi connectivity index (χ1n) is 9.42. The highest BCUT2D eigenvalue weighted by atomic mass is 32.2. The number of piperidine rings is 1. The number of halogens is 3. The van der Waals surface area contributed by atoms with Gasteiger partial charge in [0, 0.05) is 25.2 Å². The van der Waals surface area contributed by atoms with Crippen molar-refractivity contribution < 1.29 is 35.7 Å². The normalized spacial score (nSPS) is 17.7. The lowest BCUT2D eigenvalue weighted by Crippen LogP contribution is -2.52. The molecule has 13 heteroatoms. The maximum Gasteiger partial charge on any atom is 0.410 e. The fourth-order valence-electron chi connectivity index (χ4n) is 2.83. The molecule has 0 spiro atoms. The Labute approximate surface area is 183 Å². The molecular formula is C19H23F3N4O5S. The summed E-state index contributed by atoms with van der Waals surface area (Å²) in [5, 5.41) is 10.3. The molecule has 1 fully saturated rings. The molecule has 0 bridgehead atoms. The lowest BCUT2D eigenvalue weighted by atomic mass is 9.93. The predicted molar refractivity (Wildman–Crippen MR) is 109 cm³/mol. The third-order valence-corrected chi connectivity index (χ3v) is 4.38. The summed E-state index contributed by atoms with van der Waals surface area (Å²) >= 11 is 0. The van der Waals surface area contributed by atoms with Crippen LogP contribution in [0.3, 0.4) is 0 Å². The largest absolute Gasteiger partial charge is 0.445 e. The number of anilines is 1. The summed E-state index contributed by atoms with van der Waals surface area (Å²) in [6.07, 6.45) is 1.54. The van der Waals surface area contributed by atoms with E-state index < -0.39 is 40.4 Å². The second-order valence-electron chi connectivity index (χ2n) is 7.07. The first-order chi connectivity index (χ1) is 14.9. The minimum Gasteiger partial charge on any atom is -0.445 e. The van der Waals surface area contributed by atoms with Crippen LogP contribution in [-0.4, -0.2) is 66.0 Å². The van der Waals surface area contributed by atoms with E-state index in [2.05, 4.69) is 15.5 Å². The third kappa shape index (κ3) is 9.06. The van der Waals surface area contributed by atoms with E-state index in [1.54, 1.807) is 12.1 Å². The van der Waals surface area contributed by atoms with Crippen molar-refractivity contribution in [3.8, 4) is 0 Å². The number of ether oxygens (including phenoxy) is 1. The molecule has 176 valence electrons. The van der Waals surface area contributed by atoms with E-state index in [1.807, 2.05) is 0 Å². The number of likely N-dealkylation sites (tertiary alicyclic amines) is 1. The van der Waals surface area contributed by atoms with Gasteiger partial charge < -0.3 is 15.0 Å². The number of hydrogen-bond acceptors (Lipinski definition) is 7. The monoisotopic (exact) mass is 476 g/mol. The van der Waals surface area contributed by atoms with Crippen molar-refractivity contribution in [2.75, 3.05) is 31.2 Å². The first kappa shape index (κ1) is 25.3. The van der Waals surface area contributed by atoms with Crippen LogP contribution in [0.25, 0.3) is 0 Å². The highest BCUT2D eigenvalue weighted by Crippen LogP contribution is 2.33. The molecule has 0 saturated carbocycles. The Morgan fingerprint density at radius 3 is 2.53 bits per heavy atom. The molecule has 1 saturated heterocycles. The van der Waals surface area contributed by atoms with Crippen molar-refractivity contribution in [3.63, 3.8) is 0 Å². The standard InChI is InChI=1S/C18H19F3N4O2.CH4O3S/c19-15-5-3-13(4-6-15)11-27-17(26)25-9-7-14(18(20,21)12-25)10-22-16-2-1-8-23-24-16;1-5(2,3)4/h1-6,8,14H,7,9-12H2,(H,22,24);1H3,(H,2,3,4). The summed E-state index contributed by atoms with van der Waals surface area (Å²) in [6.45, 7) is -0.601. The van der Waals surface area contributed by atoms with Gasteiger partial charge in [-0.2, -0.15) is 13.5 Å². The van der Waals surface area contributed by atoms with E-state index in [0.717, 1.165) is 4.90 Å². The molecule has 0 radical (unpaired) electrons. The molecule has 1 aromatic carbocycles. The Morgan fingerprint density at radius 1 is 1.31 bits per heavy atom. The Bertz CT molecular complexity index is 970. The maximum atomic E-state index is 14.4. The number of nitrogens with one attached hydrogen (secondary N) is 1. The summed E-state index contributed by atoms with van der Waals surface area (Å²) in [5.74, 6) is -3.96. The zero-order valence-corrected chi connectivity index (χ0v) is 17.9. The molecule has 1 aromatic heterocycles. The van der Waals surface area contributed by atoms with Gasteiger partial charge in [-0.3, -0.25) is 4.55 Å². The van der Waals surface area contributed by atoms with E-state index in [9.17, 15) is 26.4 Å². The third-order valence-electron chi connectivity index (χ3n) is 4.38. The molecule has 1 aliphatic rings. The van der Waals surface area contributed by atoms with Gasteiger partial charge in [-0.15, -0.1) is 5.10 Å². The zero-order chi connectivity index (χ0) is 23.8. The summed E-state index contributed by atoms with van der Waals surface area (Å²) in [5.41, 5.74) is 0.583. The van der Waals surface area contributed by atoms with Crippen LogP contribution in [0.15, 0.2) is 42.6 Å². The minimum absolute atomic E-state index is 0.0319. The van der Waals surface area contributed by atoms with Crippen molar-refractivity contribution in [2.45, 2.75) is 19.0 Å².